The van der Waals surface area contributed by atoms with Gasteiger partial charge in [0.2, 0.25) is 10.0 Å². The minimum Gasteiger partial charge on any atom is -0.383 e. The molecule has 0 saturated carbocycles. The molecule has 1 aliphatic rings. The Labute approximate surface area is 191 Å². The summed E-state index contributed by atoms with van der Waals surface area (Å²) in [5.74, 6) is 10.8. The summed E-state index contributed by atoms with van der Waals surface area (Å²) in [7, 11) is -3.67. The number of nitrogens with one attached hydrogen (secondary N) is 1. The lowest BCUT2D eigenvalue weighted by molar-refractivity contribution is -0.124. The number of anilines is 1. The van der Waals surface area contributed by atoms with Crippen LogP contribution in [0.4, 0.5) is 5.82 Å². The first kappa shape index (κ1) is 22.3. The fourth-order valence-corrected chi connectivity index (χ4v) is 4.54. The summed E-state index contributed by atoms with van der Waals surface area (Å²) in [5, 5.41) is 5.07. The van der Waals surface area contributed by atoms with Gasteiger partial charge in [0.1, 0.15) is 17.8 Å². The molecule has 0 bridgehead atoms. The van der Waals surface area contributed by atoms with Gasteiger partial charge < -0.3 is 10.6 Å². The van der Waals surface area contributed by atoms with Crippen molar-refractivity contribution in [1.29, 1.82) is 0 Å². The van der Waals surface area contributed by atoms with Gasteiger partial charge in [0.15, 0.2) is 5.65 Å². The third-order valence-corrected chi connectivity index (χ3v) is 6.57. The number of amides is 1. The molecule has 3 aromatic rings. The molecule has 33 heavy (non-hydrogen) atoms. The van der Waals surface area contributed by atoms with Crippen molar-refractivity contribution < 1.29 is 13.2 Å². The lowest BCUT2D eigenvalue weighted by Crippen LogP contribution is -2.28. The molecule has 0 aliphatic carbocycles. The van der Waals surface area contributed by atoms with Gasteiger partial charge in [0.05, 0.1) is 22.9 Å². The van der Waals surface area contributed by atoms with Gasteiger partial charge in [0, 0.05) is 13.1 Å². The van der Waals surface area contributed by atoms with Gasteiger partial charge in [-0.3, -0.25) is 4.79 Å². The lowest BCUT2D eigenvalue weighted by Gasteiger charge is -2.13. The van der Waals surface area contributed by atoms with Crippen molar-refractivity contribution in [3.63, 3.8) is 0 Å². The number of nitrogens with two attached hydrogens (primary N) is 1. The zero-order chi connectivity index (χ0) is 23.4. The van der Waals surface area contributed by atoms with Crippen molar-refractivity contribution in [1.82, 2.24) is 29.4 Å². The molecule has 11 heteroatoms. The van der Waals surface area contributed by atoms with Crippen molar-refractivity contribution in [2.24, 2.45) is 0 Å². The largest absolute Gasteiger partial charge is 0.383 e. The highest BCUT2D eigenvalue weighted by Crippen LogP contribution is 2.28. The zero-order valence-electron chi connectivity index (χ0n) is 17.8. The summed E-state index contributed by atoms with van der Waals surface area (Å²) in [5.41, 5.74) is 6.93. The van der Waals surface area contributed by atoms with E-state index in [9.17, 15) is 13.2 Å². The Hall–Kier alpha value is -3.93. The van der Waals surface area contributed by atoms with E-state index in [1.54, 1.807) is 34.7 Å². The molecular formula is C22H21N7O3S. The molecule has 1 amide bonds. The molecule has 0 spiro atoms. The number of hydrogen-bond acceptors (Lipinski definition) is 7. The van der Waals surface area contributed by atoms with Gasteiger partial charge in [-0.25, -0.2) is 23.1 Å². The topological polar surface area (TPSA) is 136 Å². The number of carbonyl (C=O) groups is 1. The van der Waals surface area contributed by atoms with Crippen LogP contribution in [0.25, 0.3) is 11.0 Å². The monoisotopic (exact) mass is 463 g/mol. The van der Waals surface area contributed by atoms with Gasteiger partial charge in [-0.15, -0.1) is 0 Å². The number of likely N-dealkylation sites (tertiary alicyclic amines) is 1. The minimum atomic E-state index is -3.67. The average Bonchev–Trinajstić information content (AvgIpc) is 3.43. The normalized spacial score (nSPS) is 15.5. The number of rotatable bonds is 4. The van der Waals surface area contributed by atoms with Crippen molar-refractivity contribution in [3.8, 4) is 23.7 Å². The van der Waals surface area contributed by atoms with E-state index in [1.165, 1.54) is 18.5 Å². The molecule has 10 nitrogen and oxygen atoms in total. The molecule has 3 heterocycles. The summed E-state index contributed by atoms with van der Waals surface area (Å²) < 4.78 is 28.8. The Morgan fingerprint density at radius 2 is 2.06 bits per heavy atom. The van der Waals surface area contributed by atoms with Crippen LogP contribution in [0.5, 0.6) is 0 Å². The van der Waals surface area contributed by atoms with Gasteiger partial charge >= 0.3 is 0 Å². The summed E-state index contributed by atoms with van der Waals surface area (Å²) in [4.78, 5) is 22.3. The van der Waals surface area contributed by atoms with Crippen LogP contribution in [-0.2, 0) is 14.8 Å². The Bertz CT molecular complexity index is 1430. The van der Waals surface area contributed by atoms with Crippen molar-refractivity contribution in [2.45, 2.75) is 24.3 Å². The Balaban J connectivity index is 1.57. The van der Waals surface area contributed by atoms with Crippen LogP contribution in [0.3, 0.4) is 0 Å². The molecule has 4 rings (SSSR count). The number of carbonyl (C=O) groups excluding carboxylic acids is 1. The Morgan fingerprint density at radius 3 is 2.82 bits per heavy atom. The molecule has 0 radical (unpaired) electrons. The maximum Gasteiger partial charge on any atom is 0.298 e. The second-order valence-corrected chi connectivity index (χ2v) is 9.03. The highest BCUT2D eigenvalue weighted by molar-refractivity contribution is 7.89. The molecule has 1 unspecified atom stereocenters. The number of benzene rings is 1. The summed E-state index contributed by atoms with van der Waals surface area (Å²) >= 11 is 0. The zero-order valence-corrected chi connectivity index (χ0v) is 18.6. The second kappa shape index (κ2) is 9.28. The molecule has 3 N–H and O–H groups in total. The second-order valence-electron chi connectivity index (χ2n) is 7.26. The molecule has 1 saturated heterocycles. The first-order chi connectivity index (χ1) is 15.9. The van der Waals surface area contributed by atoms with Gasteiger partial charge in [-0.2, -0.15) is 9.82 Å². The molecular weight excluding hydrogens is 442 g/mol. The highest BCUT2D eigenvalue weighted by atomic mass is 32.2. The third-order valence-electron chi connectivity index (χ3n) is 5.16. The molecule has 168 valence electrons. The number of nitrogen functional groups attached to an aromatic ring is 1. The maximum atomic E-state index is 12.3. The third kappa shape index (κ3) is 4.65. The van der Waals surface area contributed by atoms with E-state index < -0.39 is 10.0 Å². The number of sulfonamides is 1. The van der Waals surface area contributed by atoms with E-state index in [2.05, 4.69) is 43.5 Å². The Kier molecular flexibility index (Phi) is 6.27. The number of hydrogen-bond donors (Lipinski definition) is 2. The van der Waals surface area contributed by atoms with Gasteiger partial charge in [0.25, 0.3) is 5.91 Å². The highest BCUT2D eigenvalue weighted by Gasteiger charge is 2.29. The van der Waals surface area contributed by atoms with Crippen LogP contribution < -0.4 is 10.5 Å². The van der Waals surface area contributed by atoms with E-state index in [-0.39, 0.29) is 29.2 Å². The fraction of sp³-hybridized carbons (Fsp3) is 0.273. The smallest absolute Gasteiger partial charge is 0.298 e. The standard InChI is InChI=1S/C22H21N7O3S/c1-2-7-19(30)28-13-11-16(14-28)29-22-20(21(23)24-15-25-22)18(27-29)10-6-12-26-33(31,32)17-8-4-3-5-9-17/h3-5,8-9,15-16,26H,11-14H2,1H3,(H2,23,24,25). The predicted molar refractivity (Wildman–Crippen MR) is 122 cm³/mol. The quantitative estimate of drug-likeness (QED) is 0.539. The van der Waals surface area contributed by atoms with Crippen LogP contribution in [-0.4, -0.2) is 58.6 Å². The van der Waals surface area contributed by atoms with E-state index in [1.807, 2.05) is 0 Å². The van der Waals surface area contributed by atoms with Crippen LogP contribution in [0.15, 0.2) is 41.6 Å². The van der Waals surface area contributed by atoms with Crippen LogP contribution >= 0.6 is 0 Å². The predicted octanol–water partition coefficient (Wildman–Crippen LogP) is 0.535. The van der Waals surface area contributed by atoms with Crippen molar-refractivity contribution in [3.05, 3.63) is 42.4 Å². The van der Waals surface area contributed by atoms with E-state index in [0.717, 1.165) is 0 Å². The van der Waals surface area contributed by atoms with E-state index >= 15 is 0 Å². The number of nitrogens with zero attached hydrogens (tertiary/aromatic N) is 5. The van der Waals surface area contributed by atoms with Crippen molar-refractivity contribution >= 4 is 32.8 Å². The van der Waals surface area contributed by atoms with Gasteiger partial charge in [-0.05, 0) is 37.3 Å². The van der Waals surface area contributed by atoms with Crippen molar-refractivity contribution in [2.75, 3.05) is 25.4 Å². The molecule has 2 aromatic heterocycles. The SMILES string of the molecule is CC#CC(=O)N1CCC(n2nc(C#CCNS(=O)(=O)c3ccccc3)c3c(N)ncnc32)C1. The first-order valence-corrected chi connectivity index (χ1v) is 11.6. The minimum absolute atomic E-state index is 0.111. The van der Waals surface area contributed by atoms with E-state index in [0.29, 0.717) is 36.2 Å². The van der Waals surface area contributed by atoms with E-state index in [4.69, 9.17) is 5.73 Å². The maximum absolute atomic E-state index is 12.3. The lowest BCUT2D eigenvalue weighted by atomic mass is 10.2. The van der Waals surface area contributed by atoms with Gasteiger partial charge in [-0.1, -0.05) is 30.0 Å². The van der Waals surface area contributed by atoms with Crippen LogP contribution in [0, 0.1) is 23.7 Å². The number of aromatic nitrogens is 4. The molecule has 1 aromatic carbocycles. The molecule has 1 fully saturated rings. The van der Waals surface area contributed by atoms with Crippen LogP contribution in [0.2, 0.25) is 0 Å². The molecule has 1 atom stereocenters. The fourth-order valence-electron chi connectivity index (χ4n) is 3.59. The average molecular weight is 464 g/mol. The number of fused-ring (bicyclic) bond motifs is 1. The summed E-state index contributed by atoms with van der Waals surface area (Å²) in [6.45, 7) is 2.51. The van der Waals surface area contributed by atoms with Crippen LogP contribution in [0.1, 0.15) is 25.1 Å². The Morgan fingerprint density at radius 1 is 1.27 bits per heavy atom. The molecule has 1 aliphatic heterocycles. The first-order valence-electron chi connectivity index (χ1n) is 10.1. The summed E-state index contributed by atoms with van der Waals surface area (Å²) in [6.07, 6.45) is 2.03. The summed E-state index contributed by atoms with van der Waals surface area (Å²) in [6, 6.07) is 7.93.